The van der Waals surface area contributed by atoms with E-state index in [1.165, 1.54) is 13.2 Å². The number of esters is 1. The van der Waals surface area contributed by atoms with E-state index in [2.05, 4.69) is 0 Å². The topological polar surface area (TPSA) is 73.9 Å². The number of ether oxygens (including phenoxy) is 3. The van der Waals surface area contributed by atoms with Crippen molar-refractivity contribution in [1.82, 2.24) is 0 Å². The number of carbonyl (C=O) groups is 2. The number of methoxy groups -OCH3 is 1. The van der Waals surface area contributed by atoms with Crippen LogP contribution in [-0.4, -0.2) is 32.2 Å². The molecule has 0 fully saturated rings. The first-order valence-electron chi connectivity index (χ1n) is 8.44. The zero-order chi connectivity index (χ0) is 21.4. The number of hydrogen-bond donors (Lipinski definition) is 1. The summed E-state index contributed by atoms with van der Waals surface area (Å²) < 4.78 is 54.8. The van der Waals surface area contributed by atoms with Gasteiger partial charge in [0.2, 0.25) is 0 Å². The summed E-state index contributed by atoms with van der Waals surface area (Å²) in [6, 6.07) is 6.52. The van der Waals surface area contributed by atoms with Crippen LogP contribution in [0.25, 0.3) is 6.08 Å². The van der Waals surface area contributed by atoms with E-state index >= 15 is 0 Å². The molecule has 0 unspecified atom stereocenters. The number of nitrogens with one attached hydrogen (secondary N) is 1. The maximum absolute atomic E-state index is 13.5. The standard InChI is InChI=1S/C20H18F3NO5/c1-3-28-16-10-12(4-8-15(16)27-2)5-9-18(26)29-11-17(25)24-14-7-6-13(21)19(22)20(14)23/h4-10H,3,11H2,1-2H3,(H,24,25)/b9-5+. The third-order valence-corrected chi connectivity index (χ3v) is 3.55. The van der Waals surface area contributed by atoms with Crippen molar-refractivity contribution in [3.63, 3.8) is 0 Å². The Balaban J connectivity index is 1.92. The van der Waals surface area contributed by atoms with Gasteiger partial charge in [-0.2, -0.15) is 0 Å². The van der Waals surface area contributed by atoms with Crippen LogP contribution in [0.4, 0.5) is 18.9 Å². The smallest absolute Gasteiger partial charge is 0.331 e. The van der Waals surface area contributed by atoms with Crippen molar-refractivity contribution in [2.24, 2.45) is 0 Å². The molecular formula is C20H18F3NO5. The molecule has 0 radical (unpaired) electrons. The number of anilines is 1. The summed E-state index contributed by atoms with van der Waals surface area (Å²) in [7, 11) is 1.50. The number of carbonyl (C=O) groups excluding carboxylic acids is 2. The lowest BCUT2D eigenvalue weighted by Gasteiger charge is -2.09. The molecule has 0 aliphatic carbocycles. The summed E-state index contributed by atoms with van der Waals surface area (Å²) in [6.07, 6.45) is 2.53. The highest BCUT2D eigenvalue weighted by Crippen LogP contribution is 2.28. The zero-order valence-electron chi connectivity index (χ0n) is 15.6. The van der Waals surface area contributed by atoms with Crippen LogP contribution in [0, 0.1) is 17.5 Å². The molecule has 6 nitrogen and oxygen atoms in total. The molecule has 0 atom stereocenters. The summed E-state index contributed by atoms with van der Waals surface area (Å²) >= 11 is 0. The molecule has 0 bridgehead atoms. The fourth-order valence-electron chi connectivity index (χ4n) is 2.22. The van der Waals surface area contributed by atoms with Gasteiger partial charge in [-0.15, -0.1) is 0 Å². The van der Waals surface area contributed by atoms with Crippen molar-refractivity contribution in [2.75, 3.05) is 25.6 Å². The van der Waals surface area contributed by atoms with Gasteiger partial charge >= 0.3 is 5.97 Å². The van der Waals surface area contributed by atoms with Crippen LogP contribution < -0.4 is 14.8 Å². The fourth-order valence-corrected chi connectivity index (χ4v) is 2.22. The third-order valence-electron chi connectivity index (χ3n) is 3.55. The lowest BCUT2D eigenvalue weighted by Crippen LogP contribution is -2.21. The molecule has 0 aliphatic heterocycles. The Labute approximate surface area is 164 Å². The van der Waals surface area contributed by atoms with E-state index < -0.39 is 41.6 Å². The number of rotatable bonds is 8. The Hall–Kier alpha value is -3.49. The lowest BCUT2D eigenvalue weighted by atomic mass is 10.2. The predicted molar refractivity (Wildman–Crippen MR) is 99.1 cm³/mol. The molecule has 2 aromatic rings. The largest absolute Gasteiger partial charge is 0.493 e. The van der Waals surface area contributed by atoms with Crippen LogP contribution in [0.5, 0.6) is 11.5 Å². The summed E-state index contributed by atoms with van der Waals surface area (Å²) in [5, 5.41) is 1.99. The third kappa shape index (κ3) is 6.00. The highest BCUT2D eigenvalue weighted by atomic mass is 19.2. The van der Waals surface area contributed by atoms with Gasteiger partial charge in [-0.3, -0.25) is 4.79 Å². The number of halogens is 3. The van der Waals surface area contributed by atoms with E-state index in [1.807, 2.05) is 12.2 Å². The molecule has 2 aromatic carbocycles. The van der Waals surface area contributed by atoms with E-state index in [9.17, 15) is 22.8 Å². The van der Waals surface area contributed by atoms with Gasteiger partial charge in [0.1, 0.15) is 0 Å². The van der Waals surface area contributed by atoms with Crippen molar-refractivity contribution in [1.29, 1.82) is 0 Å². The van der Waals surface area contributed by atoms with Crippen molar-refractivity contribution in [2.45, 2.75) is 6.92 Å². The average molecular weight is 409 g/mol. The summed E-state index contributed by atoms with van der Waals surface area (Å²) in [5.74, 6) is -5.36. The van der Waals surface area contributed by atoms with Gasteiger partial charge in [-0.1, -0.05) is 6.07 Å². The van der Waals surface area contributed by atoms with Crippen LogP contribution in [0.2, 0.25) is 0 Å². The van der Waals surface area contributed by atoms with Crippen LogP contribution in [0.15, 0.2) is 36.4 Å². The van der Waals surface area contributed by atoms with E-state index in [-0.39, 0.29) is 0 Å². The predicted octanol–water partition coefficient (Wildman–Crippen LogP) is 3.71. The van der Waals surface area contributed by atoms with E-state index in [1.54, 1.807) is 18.2 Å². The summed E-state index contributed by atoms with van der Waals surface area (Å²) in [6.45, 7) is 1.50. The highest BCUT2D eigenvalue weighted by molar-refractivity contribution is 5.94. The second kappa shape index (κ2) is 10.2. The Bertz CT molecular complexity index is 931. The molecule has 1 amide bonds. The van der Waals surface area contributed by atoms with Crippen molar-refractivity contribution >= 4 is 23.6 Å². The van der Waals surface area contributed by atoms with Crippen molar-refractivity contribution in [3.05, 3.63) is 59.4 Å². The molecule has 2 rings (SSSR count). The van der Waals surface area contributed by atoms with E-state index in [0.717, 1.165) is 12.1 Å². The Morgan fingerprint density at radius 2 is 1.83 bits per heavy atom. The monoisotopic (exact) mass is 409 g/mol. The molecule has 0 heterocycles. The maximum Gasteiger partial charge on any atom is 0.331 e. The first-order chi connectivity index (χ1) is 13.8. The zero-order valence-corrected chi connectivity index (χ0v) is 15.6. The Kier molecular flexibility index (Phi) is 7.64. The normalized spacial score (nSPS) is 10.7. The van der Waals surface area contributed by atoms with Crippen molar-refractivity contribution < 1.29 is 37.0 Å². The molecule has 0 aliphatic rings. The quantitative estimate of drug-likeness (QED) is 0.409. The summed E-state index contributed by atoms with van der Waals surface area (Å²) in [5.41, 5.74) is 0.0571. The first-order valence-corrected chi connectivity index (χ1v) is 8.44. The van der Waals surface area contributed by atoms with Crippen LogP contribution in [0.3, 0.4) is 0 Å². The minimum Gasteiger partial charge on any atom is -0.493 e. The molecule has 29 heavy (non-hydrogen) atoms. The minimum atomic E-state index is -1.71. The molecule has 154 valence electrons. The van der Waals surface area contributed by atoms with Crippen molar-refractivity contribution in [3.8, 4) is 11.5 Å². The van der Waals surface area contributed by atoms with Gasteiger partial charge in [0.25, 0.3) is 5.91 Å². The average Bonchev–Trinajstić information content (AvgIpc) is 2.71. The Morgan fingerprint density at radius 3 is 2.52 bits per heavy atom. The second-order valence-corrected chi connectivity index (χ2v) is 5.56. The SMILES string of the molecule is CCOc1cc(/C=C/C(=O)OCC(=O)Nc2ccc(F)c(F)c2F)ccc1OC. The number of benzene rings is 2. The van der Waals surface area contributed by atoms with Gasteiger partial charge in [-0.25, -0.2) is 18.0 Å². The van der Waals surface area contributed by atoms with Gasteiger partial charge in [0.05, 0.1) is 19.4 Å². The number of amides is 1. The lowest BCUT2D eigenvalue weighted by molar-refractivity contribution is -0.142. The van der Waals surface area contributed by atoms with E-state index in [0.29, 0.717) is 29.7 Å². The Morgan fingerprint density at radius 1 is 1.07 bits per heavy atom. The molecule has 1 N–H and O–H groups in total. The molecule has 0 saturated carbocycles. The fraction of sp³-hybridized carbons (Fsp3) is 0.200. The van der Waals surface area contributed by atoms with Gasteiger partial charge in [-0.05, 0) is 42.8 Å². The van der Waals surface area contributed by atoms with Crippen LogP contribution in [0.1, 0.15) is 12.5 Å². The van der Waals surface area contributed by atoms with Crippen LogP contribution in [-0.2, 0) is 14.3 Å². The molecule has 0 spiro atoms. The minimum absolute atomic E-state index is 0.430. The first kappa shape index (κ1) is 21.8. The maximum atomic E-state index is 13.5. The molecule has 0 aromatic heterocycles. The number of hydrogen-bond acceptors (Lipinski definition) is 5. The molecular weight excluding hydrogens is 391 g/mol. The van der Waals surface area contributed by atoms with Gasteiger partial charge < -0.3 is 19.5 Å². The highest BCUT2D eigenvalue weighted by Gasteiger charge is 2.15. The van der Waals surface area contributed by atoms with E-state index in [4.69, 9.17) is 14.2 Å². The second-order valence-electron chi connectivity index (χ2n) is 5.56. The van der Waals surface area contributed by atoms with Gasteiger partial charge in [0, 0.05) is 6.08 Å². The van der Waals surface area contributed by atoms with Gasteiger partial charge in [0.15, 0.2) is 35.6 Å². The molecule has 0 saturated heterocycles. The molecule has 9 heteroatoms. The van der Waals surface area contributed by atoms with Crippen LogP contribution >= 0.6 is 0 Å². The summed E-state index contributed by atoms with van der Waals surface area (Å²) in [4.78, 5) is 23.4.